The first-order valence-electron chi connectivity index (χ1n) is 15.1. The molecule has 4 radical (unpaired) electrons. The molecule has 0 saturated heterocycles. The van der Waals surface area contributed by atoms with E-state index >= 15 is 0 Å². The van der Waals surface area contributed by atoms with Crippen molar-refractivity contribution in [2.24, 2.45) is 0 Å². The number of hydrogen-bond donors (Lipinski definition) is 0. The van der Waals surface area contributed by atoms with Crippen LogP contribution in [0.1, 0.15) is 5.56 Å². The zero-order chi connectivity index (χ0) is 31.1. The van der Waals surface area contributed by atoms with Gasteiger partial charge < -0.3 is 4.74 Å². The zero-order valence-electron chi connectivity index (χ0n) is 24.8. The van der Waals surface area contributed by atoms with E-state index in [0.717, 1.165) is 55.6 Å². The van der Waals surface area contributed by atoms with Gasteiger partial charge in [0.15, 0.2) is 17.5 Å². The molecule has 46 heavy (non-hydrogen) atoms. The summed E-state index contributed by atoms with van der Waals surface area (Å²) in [6.45, 7) is 0. The zero-order valence-corrected chi connectivity index (χ0v) is 24.8. The van der Waals surface area contributed by atoms with Gasteiger partial charge in [0, 0.05) is 22.3 Å². The van der Waals surface area contributed by atoms with Crippen molar-refractivity contribution in [1.29, 1.82) is 0 Å². The number of benzene rings is 6. The molecule has 0 spiro atoms. The minimum Gasteiger partial charge on any atom is -0.502 e. The van der Waals surface area contributed by atoms with Crippen LogP contribution in [0, 0.1) is 0 Å². The van der Waals surface area contributed by atoms with Gasteiger partial charge in [-0.1, -0.05) is 146 Å². The van der Waals surface area contributed by atoms with Gasteiger partial charge in [0.2, 0.25) is 0 Å². The van der Waals surface area contributed by atoms with Gasteiger partial charge in [-0.05, 0) is 39.4 Å². The van der Waals surface area contributed by atoms with Crippen molar-refractivity contribution >= 4 is 15.7 Å². The second-order valence-corrected chi connectivity index (χ2v) is 11.3. The highest BCUT2D eigenvalue weighted by Gasteiger charge is 2.32. The summed E-state index contributed by atoms with van der Waals surface area (Å²) in [5.74, 6) is 2.49. The Kier molecular flexibility index (Phi) is 6.84. The van der Waals surface area contributed by atoms with Gasteiger partial charge >= 0.3 is 0 Å². The number of hydrogen-bond acceptors (Lipinski definition) is 4. The normalized spacial score (nSPS) is 12.9. The molecule has 1 aromatic heterocycles. The maximum atomic E-state index is 6.45. The smallest absolute Gasteiger partial charge is 0.164 e. The summed E-state index contributed by atoms with van der Waals surface area (Å²) in [5, 5.41) is -1.44. The molecule has 1 aliphatic rings. The first kappa shape index (κ1) is 27.8. The maximum Gasteiger partial charge on any atom is 0.164 e. The number of nitrogens with zero attached hydrogens (tertiary/aromatic N) is 3. The maximum absolute atomic E-state index is 6.45. The van der Waals surface area contributed by atoms with E-state index in [4.69, 9.17) is 35.4 Å². The van der Waals surface area contributed by atoms with Crippen LogP contribution in [0.5, 0.6) is 5.75 Å². The van der Waals surface area contributed by atoms with Gasteiger partial charge in [0.25, 0.3) is 0 Å². The van der Waals surface area contributed by atoms with E-state index in [-0.39, 0.29) is 0 Å². The molecule has 1 aliphatic heterocycles. The Morgan fingerprint density at radius 3 is 1.43 bits per heavy atom. The summed E-state index contributed by atoms with van der Waals surface area (Å²) in [7, 11) is 12.9. The topological polar surface area (TPSA) is 47.9 Å². The Balaban J connectivity index is 1.20. The molecule has 0 unspecified atom stereocenters. The molecule has 0 N–H and O–H groups in total. The largest absolute Gasteiger partial charge is 0.502 e. The van der Waals surface area contributed by atoms with Gasteiger partial charge in [-0.3, -0.25) is 0 Å². The van der Waals surface area contributed by atoms with Crippen LogP contribution in [0.15, 0.2) is 152 Å². The minimum absolute atomic E-state index is 0.597. The average molecular weight is 585 g/mol. The van der Waals surface area contributed by atoms with E-state index in [1.807, 2.05) is 97.1 Å². The lowest BCUT2D eigenvalue weighted by atomic mass is 9.58. The van der Waals surface area contributed by atoms with Gasteiger partial charge in [0.05, 0.1) is 5.40 Å². The van der Waals surface area contributed by atoms with Crippen molar-refractivity contribution in [2.45, 2.75) is 5.40 Å². The predicted molar refractivity (Wildman–Crippen MR) is 186 cm³/mol. The fourth-order valence-corrected chi connectivity index (χ4v) is 6.00. The molecule has 2 heterocycles. The van der Waals surface area contributed by atoms with Gasteiger partial charge in [0.1, 0.15) is 21.4 Å². The van der Waals surface area contributed by atoms with E-state index in [9.17, 15) is 0 Å². The molecule has 0 aliphatic carbocycles. The number of rotatable bonds is 5. The molecule has 0 atom stereocenters. The molecule has 0 amide bonds. The fraction of sp³-hybridized carbons (Fsp3) is 0.0250. The second kappa shape index (κ2) is 11.3. The Morgan fingerprint density at radius 2 is 0.826 bits per heavy atom. The summed E-state index contributed by atoms with van der Waals surface area (Å²) < 4.78 is 5.97. The van der Waals surface area contributed by atoms with Crippen LogP contribution in [-0.4, -0.2) is 30.6 Å². The van der Waals surface area contributed by atoms with Crippen LogP contribution < -0.4 is 4.74 Å². The quantitative estimate of drug-likeness (QED) is 0.190. The summed E-state index contributed by atoms with van der Waals surface area (Å²) in [6, 6.07) is 50.7. The predicted octanol–water partition coefficient (Wildman–Crippen LogP) is 8.71. The molecule has 4 nitrogen and oxygen atoms in total. The number of aromatic nitrogens is 3. The minimum atomic E-state index is -1.44. The monoisotopic (exact) mass is 585 g/mol. The lowest BCUT2D eigenvalue weighted by Crippen LogP contribution is -2.37. The lowest BCUT2D eigenvalue weighted by molar-refractivity contribution is 0.241. The Bertz CT molecular complexity index is 2180. The molecule has 0 saturated carbocycles. The van der Waals surface area contributed by atoms with E-state index in [0.29, 0.717) is 23.2 Å². The SMILES string of the molecule is [B]C1([B])Oc2ccccc2-c2c(-c3ccc(-c4nc(-c5ccccc5)nc(-c5ccc(-c6ccccc6)cc5)n4)cc3)cccc21. The van der Waals surface area contributed by atoms with Crippen LogP contribution in [0.2, 0.25) is 0 Å². The third-order valence-corrected chi connectivity index (χ3v) is 8.29. The van der Waals surface area contributed by atoms with Crippen molar-refractivity contribution in [3.63, 3.8) is 0 Å². The highest BCUT2D eigenvalue weighted by molar-refractivity contribution is 6.40. The molecule has 7 aromatic rings. The van der Waals surface area contributed by atoms with Crippen LogP contribution >= 0.6 is 0 Å². The molecule has 6 heteroatoms. The number of ether oxygens (including phenoxy) is 1. The van der Waals surface area contributed by atoms with Crippen molar-refractivity contribution in [3.8, 4) is 73.3 Å². The number of para-hydroxylation sites is 1. The van der Waals surface area contributed by atoms with Crippen LogP contribution in [-0.2, 0) is 5.40 Å². The average Bonchev–Trinajstić information content (AvgIpc) is 3.12. The summed E-state index contributed by atoms with van der Waals surface area (Å²) in [5.41, 5.74) is 9.71. The second-order valence-electron chi connectivity index (χ2n) is 11.3. The van der Waals surface area contributed by atoms with Gasteiger partial charge in [-0.25, -0.2) is 15.0 Å². The molecule has 0 fully saturated rings. The van der Waals surface area contributed by atoms with E-state index in [1.165, 1.54) is 0 Å². The van der Waals surface area contributed by atoms with Crippen molar-refractivity contribution < 1.29 is 4.74 Å². The van der Waals surface area contributed by atoms with Crippen LogP contribution in [0.4, 0.5) is 0 Å². The molecule has 8 rings (SSSR count). The molecular formula is C40H25B2N3O. The van der Waals surface area contributed by atoms with Crippen LogP contribution in [0.3, 0.4) is 0 Å². The lowest BCUT2D eigenvalue weighted by Gasteiger charge is -2.37. The summed E-state index contributed by atoms with van der Waals surface area (Å²) in [6.07, 6.45) is 0. The van der Waals surface area contributed by atoms with E-state index in [1.54, 1.807) is 0 Å². The van der Waals surface area contributed by atoms with E-state index in [2.05, 4.69) is 54.6 Å². The molecule has 212 valence electrons. The highest BCUT2D eigenvalue weighted by Crippen LogP contribution is 2.47. The first-order valence-corrected chi connectivity index (χ1v) is 15.1. The number of fused-ring (bicyclic) bond motifs is 3. The van der Waals surface area contributed by atoms with Crippen molar-refractivity contribution in [2.75, 3.05) is 0 Å². The Morgan fingerprint density at radius 1 is 0.391 bits per heavy atom. The van der Waals surface area contributed by atoms with Gasteiger partial charge in [-0.15, -0.1) is 0 Å². The Labute approximate surface area is 270 Å². The molecular weight excluding hydrogens is 560 g/mol. The standard InChI is InChI=1S/C40H25B2N3O/c41-40(42)34-16-9-15-32(36(34)33-14-7-8-17-35(33)46-40)28-20-24-31(25-21-28)39-44-37(29-12-5-2-6-13-29)43-38(45-39)30-22-18-27(19-23-30)26-10-3-1-4-11-26/h1-25H. The molecule has 6 aromatic carbocycles. The fourth-order valence-electron chi connectivity index (χ4n) is 6.00. The third-order valence-electron chi connectivity index (χ3n) is 8.29. The van der Waals surface area contributed by atoms with Crippen LogP contribution in [0.25, 0.3) is 67.5 Å². The first-order chi connectivity index (χ1) is 22.5. The summed E-state index contributed by atoms with van der Waals surface area (Å²) in [4.78, 5) is 14.8. The van der Waals surface area contributed by atoms with Gasteiger partial charge in [-0.2, -0.15) is 0 Å². The van der Waals surface area contributed by atoms with Crippen molar-refractivity contribution in [3.05, 3.63) is 157 Å². The highest BCUT2D eigenvalue weighted by atomic mass is 16.5. The molecule has 0 bridgehead atoms. The van der Waals surface area contributed by atoms with Crippen molar-refractivity contribution in [1.82, 2.24) is 15.0 Å². The third kappa shape index (κ3) is 5.08. The summed E-state index contributed by atoms with van der Waals surface area (Å²) >= 11 is 0. The van der Waals surface area contributed by atoms with E-state index < -0.39 is 5.40 Å². The Hall–Kier alpha value is -5.74.